The highest BCUT2D eigenvalue weighted by Crippen LogP contribution is 2.29. The molecule has 1 amide bonds. The van der Waals surface area contributed by atoms with E-state index in [1.165, 1.54) is 0 Å². The van der Waals surface area contributed by atoms with Gasteiger partial charge in [-0.25, -0.2) is 0 Å². The van der Waals surface area contributed by atoms with Crippen molar-refractivity contribution in [2.45, 2.75) is 96.4 Å². The molecule has 1 N–H and O–H groups in total. The zero-order valence-electron chi connectivity index (χ0n) is 20.2. The number of ether oxygens (including phenoxy) is 3. The Hall–Kier alpha value is -1.48. The molecule has 3 aliphatic rings. The summed E-state index contributed by atoms with van der Waals surface area (Å²) < 4.78 is 22.5. The first-order chi connectivity index (χ1) is 15.5. The van der Waals surface area contributed by atoms with Gasteiger partial charge in [0.1, 0.15) is 0 Å². The van der Waals surface area contributed by atoms with Gasteiger partial charge in [0.05, 0.1) is 18.3 Å². The molecule has 1 aromatic rings. The van der Waals surface area contributed by atoms with Crippen LogP contribution < -0.4 is 5.32 Å². The van der Waals surface area contributed by atoms with Crippen LogP contribution in [0, 0.1) is 0 Å². The van der Waals surface area contributed by atoms with Crippen molar-refractivity contribution in [2.75, 3.05) is 38.3 Å². The number of nitrogens with zero attached hydrogens (tertiary/aromatic N) is 2. The molecule has 1 aromatic heterocycles. The number of anilines is 1. The quantitative estimate of drug-likeness (QED) is 0.668. The van der Waals surface area contributed by atoms with Gasteiger partial charge in [0.15, 0.2) is 6.29 Å². The molecular weight excluding hydrogens is 410 g/mol. The van der Waals surface area contributed by atoms with E-state index in [1.54, 1.807) is 0 Å². The number of amides is 1. The molecule has 32 heavy (non-hydrogen) atoms. The molecule has 3 fully saturated rings. The third-order valence-corrected chi connectivity index (χ3v) is 6.47. The minimum Gasteiger partial charge on any atom is -0.381 e. The van der Waals surface area contributed by atoms with Crippen LogP contribution in [0.5, 0.6) is 0 Å². The first-order valence-electron chi connectivity index (χ1n) is 12.4. The average molecular weight is 452 g/mol. The lowest BCUT2D eigenvalue weighted by Crippen LogP contribution is -2.47. The van der Waals surface area contributed by atoms with Crippen molar-refractivity contribution >= 4 is 11.8 Å². The second kappa shape index (κ2) is 12.1. The Morgan fingerprint density at radius 2 is 1.94 bits per heavy atom. The van der Waals surface area contributed by atoms with Crippen LogP contribution in [-0.2, 0) is 24.4 Å². The van der Waals surface area contributed by atoms with Crippen molar-refractivity contribution in [3.8, 4) is 0 Å². The molecule has 3 saturated heterocycles. The van der Waals surface area contributed by atoms with Gasteiger partial charge >= 0.3 is 0 Å². The van der Waals surface area contributed by atoms with E-state index < -0.39 is 0 Å². The molecule has 0 aromatic carbocycles. The van der Waals surface area contributed by atoms with E-state index in [0.717, 1.165) is 77.0 Å². The summed E-state index contributed by atoms with van der Waals surface area (Å²) in [6, 6.07) is 2.14. The number of hydrogen-bond donors (Lipinski definition) is 1. The second-order valence-corrected chi connectivity index (χ2v) is 9.30. The Morgan fingerprint density at radius 3 is 2.66 bits per heavy atom. The normalized spacial score (nSPS) is 25.2. The lowest BCUT2D eigenvalue weighted by molar-refractivity contribution is -0.170. The van der Waals surface area contributed by atoms with Gasteiger partial charge in [0, 0.05) is 37.3 Å². The van der Waals surface area contributed by atoms with Gasteiger partial charge < -0.3 is 18.7 Å². The standard InChI is InChI=1S/C22H35N3O5.C2H6/c1-22(2,15-29-20-7-3-4-11-28-20)18-14-19(30-24-18)23-21(26)17-6-5-10-25(17)16-8-12-27-13-9-16;1-2/h14,16-17,20H,3-13,15H2,1-2H3,(H,23,26);1-2H3. The molecule has 3 aliphatic heterocycles. The molecule has 0 aliphatic carbocycles. The number of hydrogen-bond acceptors (Lipinski definition) is 7. The van der Waals surface area contributed by atoms with Crippen molar-refractivity contribution in [3.05, 3.63) is 11.8 Å². The Bertz CT molecular complexity index is 696. The lowest BCUT2D eigenvalue weighted by atomic mass is 9.90. The smallest absolute Gasteiger partial charge is 0.244 e. The van der Waals surface area contributed by atoms with E-state index in [9.17, 15) is 4.79 Å². The summed E-state index contributed by atoms with van der Waals surface area (Å²) in [6.07, 6.45) is 6.95. The predicted octanol–water partition coefficient (Wildman–Crippen LogP) is 4.10. The van der Waals surface area contributed by atoms with Gasteiger partial charge in [-0.15, -0.1) is 0 Å². The molecule has 2 atom stereocenters. The Balaban J connectivity index is 0.00000141. The van der Waals surface area contributed by atoms with E-state index >= 15 is 0 Å². The van der Waals surface area contributed by atoms with Gasteiger partial charge in [-0.2, -0.15) is 0 Å². The highest BCUT2D eigenvalue weighted by Gasteiger charge is 2.36. The summed E-state index contributed by atoms with van der Waals surface area (Å²) in [7, 11) is 0. The monoisotopic (exact) mass is 451 g/mol. The molecule has 0 bridgehead atoms. The number of carbonyl (C=O) groups is 1. The molecular formula is C24H41N3O5. The van der Waals surface area contributed by atoms with Gasteiger partial charge in [-0.05, 0) is 51.5 Å². The van der Waals surface area contributed by atoms with Crippen molar-refractivity contribution in [3.63, 3.8) is 0 Å². The fourth-order valence-corrected chi connectivity index (χ4v) is 4.60. The summed E-state index contributed by atoms with van der Waals surface area (Å²) in [4.78, 5) is 15.3. The Morgan fingerprint density at radius 1 is 1.16 bits per heavy atom. The van der Waals surface area contributed by atoms with E-state index in [-0.39, 0.29) is 23.7 Å². The van der Waals surface area contributed by atoms with E-state index in [1.807, 2.05) is 19.9 Å². The molecule has 4 heterocycles. The second-order valence-electron chi connectivity index (χ2n) is 9.30. The topological polar surface area (TPSA) is 86.1 Å². The van der Waals surface area contributed by atoms with Crippen LogP contribution in [0.1, 0.15) is 78.3 Å². The number of nitrogens with one attached hydrogen (secondary N) is 1. The molecule has 0 saturated carbocycles. The van der Waals surface area contributed by atoms with Gasteiger partial charge in [-0.3, -0.25) is 15.0 Å². The fourth-order valence-electron chi connectivity index (χ4n) is 4.60. The van der Waals surface area contributed by atoms with Gasteiger partial charge in [-0.1, -0.05) is 32.9 Å². The Labute approximate surface area is 192 Å². The van der Waals surface area contributed by atoms with Crippen LogP contribution in [0.3, 0.4) is 0 Å². The number of rotatable bonds is 7. The van der Waals surface area contributed by atoms with Crippen molar-refractivity contribution in [1.82, 2.24) is 10.1 Å². The molecule has 182 valence electrons. The molecule has 4 rings (SSSR count). The van der Waals surface area contributed by atoms with Gasteiger partial charge in [0.2, 0.25) is 11.8 Å². The number of carbonyl (C=O) groups excluding carboxylic acids is 1. The largest absolute Gasteiger partial charge is 0.381 e. The third-order valence-electron chi connectivity index (χ3n) is 6.47. The summed E-state index contributed by atoms with van der Waals surface area (Å²) in [5.41, 5.74) is 0.427. The number of likely N-dealkylation sites (tertiary alicyclic amines) is 1. The highest BCUT2D eigenvalue weighted by molar-refractivity contribution is 5.94. The lowest BCUT2D eigenvalue weighted by Gasteiger charge is -2.34. The summed E-state index contributed by atoms with van der Waals surface area (Å²) >= 11 is 0. The predicted molar refractivity (Wildman–Crippen MR) is 123 cm³/mol. The SMILES string of the molecule is CC.CC(C)(COC1CCCCO1)c1cc(NC(=O)C2CCCN2C2CCOCC2)on1. The zero-order valence-corrected chi connectivity index (χ0v) is 20.2. The van der Waals surface area contributed by atoms with Crippen LogP contribution in [0.4, 0.5) is 5.88 Å². The van der Waals surface area contributed by atoms with E-state index in [0.29, 0.717) is 18.5 Å². The van der Waals surface area contributed by atoms with E-state index in [2.05, 4.69) is 29.2 Å². The maximum Gasteiger partial charge on any atom is 0.244 e. The molecule has 8 heteroatoms. The maximum atomic E-state index is 12.9. The third kappa shape index (κ3) is 6.53. The maximum absolute atomic E-state index is 12.9. The van der Waals surface area contributed by atoms with E-state index in [4.69, 9.17) is 18.7 Å². The summed E-state index contributed by atoms with van der Waals surface area (Å²) in [5.74, 6) is 0.391. The molecule has 0 radical (unpaired) electrons. The van der Waals surface area contributed by atoms with Crippen molar-refractivity contribution in [2.24, 2.45) is 0 Å². The first kappa shape index (κ1) is 25.1. The average Bonchev–Trinajstić information content (AvgIpc) is 3.51. The van der Waals surface area contributed by atoms with Crippen LogP contribution in [0.25, 0.3) is 0 Å². The number of aromatic nitrogens is 1. The van der Waals surface area contributed by atoms with Crippen molar-refractivity contribution < 1.29 is 23.5 Å². The van der Waals surface area contributed by atoms with Crippen LogP contribution >= 0.6 is 0 Å². The van der Waals surface area contributed by atoms with Crippen molar-refractivity contribution in [1.29, 1.82) is 0 Å². The first-order valence-corrected chi connectivity index (χ1v) is 12.4. The zero-order chi connectivity index (χ0) is 23.0. The molecule has 2 unspecified atom stereocenters. The van der Waals surface area contributed by atoms with Crippen LogP contribution in [0.15, 0.2) is 10.6 Å². The summed E-state index contributed by atoms with van der Waals surface area (Å²) in [5, 5.41) is 7.14. The molecule has 8 nitrogen and oxygen atoms in total. The van der Waals surface area contributed by atoms with Gasteiger partial charge in [0.25, 0.3) is 0 Å². The fraction of sp³-hybridized carbons (Fsp3) is 0.833. The Kier molecular flexibility index (Phi) is 9.52. The molecule has 0 spiro atoms. The minimum atomic E-state index is -0.339. The minimum absolute atomic E-state index is 0.00801. The highest BCUT2D eigenvalue weighted by atomic mass is 16.7. The summed E-state index contributed by atoms with van der Waals surface area (Å²) in [6.45, 7) is 11.9. The van der Waals surface area contributed by atoms with Crippen LogP contribution in [0.2, 0.25) is 0 Å². The van der Waals surface area contributed by atoms with Crippen LogP contribution in [-0.4, -0.2) is 67.3 Å².